The Morgan fingerprint density at radius 3 is 2.72 bits per heavy atom. The van der Waals surface area contributed by atoms with Crippen LogP contribution >= 0.6 is 11.6 Å². The molecule has 0 bridgehead atoms. The largest absolute Gasteiger partial charge is 0.493 e. The van der Waals surface area contributed by atoms with Crippen LogP contribution in [-0.2, 0) is 9.59 Å². The number of rotatable bonds is 8. The van der Waals surface area contributed by atoms with Crippen molar-refractivity contribution in [2.45, 2.75) is 44.9 Å². The fraction of sp³-hybridized carbons (Fsp3) is 0.333. The summed E-state index contributed by atoms with van der Waals surface area (Å²) >= 11 is 5.72. The van der Waals surface area contributed by atoms with Crippen LogP contribution in [0.2, 0.25) is 5.02 Å². The lowest BCUT2D eigenvalue weighted by Gasteiger charge is -2.34. The van der Waals surface area contributed by atoms with Gasteiger partial charge in [0.15, 0.2) is 17.3 Å². The molecule has 2 N–H and O–H groups in total. The number of ether oxygens (including phenoxy) is 2. The smallest absolute Gasteiger partial charge is 0.252 e. The molecule has 12 heteroatoms. The second kappa shape index (κ2) is 11.9. The molecule has 2 aromatic carbocycles. The maximum atomic E-state index is 14.6. The summed E-state index contributed by atoms with van der Waals surface area (Å²) in [6.45, 7) is 7.50. The number of anilines is 2. The average molecular weight is 560 g/mol. The van der Waals surface area contributed by atoms with Gasteiger partial charge in [-0.15, -0.1) is 0 Å². The molecule has 0 unspecified atom stereocenters. The number of carbonyl (C=O) groups excluding carboxylic acids is 2. The number of imide groups is 1. The van der Waals surface area contributed by atoms with Crippen molar-refractivity contribution < 1.29 is 27.8 Å². The fourth-order valence-corrected chi connectivity index (χ4v) is 4.57. The van der Waals surface area contributed by atoms with Crippen LogP contribution in [0.5, 0.6) is 11.5 Å². The first-order valence-electron chi connectivity index (χ1n) is 12.3. The van der Waals surface area contributed by atoms with Gasteiger partial charge in [-0.3, -0.25) is 14.5 Å². The number of benzene rings is 2. The predicted molar refractivity (Wildman–Crippen MR) is 143 cm³/mol. The molecule has 3 aromatic rings. The van der Waals surface area contributed by atoms with Gasteiger partial charge < -0.3 is 20.1 Å². The lowest BCUT2D eigenvalue weighted by atomic mass is 10.00. The summed E-state index contributed by atoms with van der Waals surface area (Å²) in [4.78, 5) is 35.1. The minimum absolute atomic E-state index is 0.0665. The standard InChI is InChI=1S/C27H28ClF2N5O4/c1-5-23(36)35(14(2)3)27(37)20-10-15(8-9-31-20)39-22-11-16-19(12-21(22)38-4)32-13-33-26(16)34-18-7-6-17(29)24(28)25(18)30/h5-7,11-15,20,31H,1,8-10H2,2-4H3,(H,32,33,34)/t15-,20-/m0/s1. The Bertz CT molecular complexity index is 1420. The van der Waals surface area contributed by atoms with Crippen molar-refractivity contribution >= 4 is 45.8 Å². The number of halogens is 3. The number of aromatic nitrogens is 2. The second-order valence-electron chi connectivity index (χ2n) is 9.21. The van der Waals surface area contributed by atoms with E-state index in [1.54, 1.807) is 26.0 Å². The zero-order valence-electron chi connectivity index (χ0n) is 21.6. The summed E-state index contributed by atoms with van der Waals surface area (Å²) in [5, 5.41) is 5.85. The maximum Gasteiger partial charge on any atom is 0.252 e. The van der Waals surface area contributed by atoms with Gasteiger partial charge in [0.2, 0.25) is 5.91 Å². The van der Waals surface area contributed by atoms with Crippen LogP contribution in [-0.4, -0.2) is 58.5 Å². The topological polar surface area (TPSA) is 106 Å². The highest BCUT2D eigenvalue weighted by Crippen LogP contribution is 2.37. The van der Waals surface area contributed by atoms with E-state index in [2.05, 4.69) is 27.2 Å². The van der Waals surface area contributed by atoms with E-state index in [-0.39, 0.29) is 29.6 Å². The maximum absolute atomic E-state index is 14.6. The predicted octanol–water partition coefficient (Wildman–Crippen LogP) is 4.76. The highest BCUT2D eigenvalue weighted by Gasteiger charge is 2.34. The van der Waals surface area contributed by atoms with Crippen LogP contribution in [0, 0.1) is 11.6 Å². The van der Waals surface area contributed by atoms with Crippen molar-refractivity contribution in [2.75, 3.05) is 19.0 Å². The van der Waals surface area contributed by atoms with Crippen molar-refractivity contribution in [2.24, 2.45) is 0 Å². The third kappa shape index (κ3) is 5.94. The zero-order chi connectivity index (χ0) is 28.3. The number of nitrogens with one attached hydrogen (secondary N) is 2. The zero-order valence-corrected chi connectivity index (χ0v) is 22.4. The van der Waals surface area contributed by atoms with Gasteiger partial charge in [0, 0.05) is 23.9 Å². The molecule has 1 fully saturated rings. The Kier molecular flexibility index (Phi) is 8.61. The molecule has 2 atom stereocenters. The van der Waals surface area contributed by atoms with Crippen LogP contribution in [0.25, 0.3) is 10.9 Å². The van der Waals surface area contributed by atoms with Gasteiger partial charge in [0.05, 0.1) is 24.4 Å². The normalized spacial score (nSPS) is 17.1. The minimum Gasteiger partial charge on any atom is -0.493 e. The highest BCUT2D eigenvalue weighted by molar-refractivity contribution is 6.31. The van der Waals surface area contributed by atoms with Gasteiger partial charge in [0.1, 0.15) is 29.1 Å². The van der Waals surface area contributed by atoms with Crippen molar-refractivity contribution in [3.63, 3.8) is 0 Å². The Hall–Kier alpha value is -3.83. The summed E-state index contributed by atoms with van der Waals surface area (Å²) in [5.41, 5.74) is 0.419. The Balaban J connectivity index is 1.61. The van der Waals surface area contributed by atoms with Crippen LogP contribution in [0.3, 0.4) is 0 Å². The third-order valence-electron chi connectivity index (χ3n) is 6.32. The van der Waals surface area contributed by atoms with E-state index in [0.717, 1.165) is 12.1 Å². The van der Waals surface area contributed by atoms with E-state index in [0.29, 0.717) is 41.8 Å². The molecular formula is C27H28ClF2N5O4. The van der Waals surface area contributed by atoms with Gasteiger partial charge in [-0.2, -0.15) is 0 Å². The van der Waals surface area contributed by atoms with Crippen LogP contribution < -0.4 is 20.1 Å². The first-order valence-corrected chi connectivity index (χ1v) is 12.6. The van der Waals surface area contributed by atoms with E-state index in [1.807, 2.05) is 0 Å². The van der Waals surface area contributed by atoms with Crippen molar-refractivity contribution in [3.05, 3.63) is 59.9 Å². The molecule has 9 nitrogen and oxygen atoms in total. The Morgan fingerprint density at radius 1 is 1.26 bits per heavy atom. The summed E-state index contributed by atoms with van der Waals surface area (Å²) < 4.78 is 40.0. The molecule has 1 aliphatic heterocycles. The molecule has 2 amide bonds. The SMILES string of the molecule is C=CC(=O)N(C(=O)[C@@H]1C[C@@H](Oc2cc3c(Nc4ccc(F)c(Cl)c4F)ncnc3cc2OC)CCN1)C(C)C. The summed E-state index contributed by atoms with van der Waals surface area (Å²) in [6, 6.07) is 4.60. The molecule has 0 spiro atoms. The first-order chi connectivity index (χ1) is 18.6. The Labute approximate surface area is 229 Å². The molecule has 206 valence electrons. The van der Waals surface area contributed by atoms with Gasteiger partial charge >= 0.3 is 0 Å². The van der Waals surface area contributed by atoms with Gasteiger partial charge in [-0.25, -0.2) is 18.7 Å². The molecule has 0 radical (unpaired) electrons. The lowest BCUT2D eigenvalue weighted by Crippen LogP contribution is -2.55. The number of amides is 2. The number of hydrogen-bond acceptors (Lipinski definition) is 8. The lowest BCUT2D eigenvalue weighted by molar-refractivity contribution is -0.146. The molecule has 39 heavy (non-hydrogen) atoms. The van der Waals surface area contributed by atoms with Crippen molar-refractivity contribution in [3.8, 4) is 11.5 Å². The molecule has 1 aromatic heterocycles. The van der Waals surface area contributed by atoms with Crippen molar-refractivity contribution in [1.29, 1.82) is 0 Å². The summed E-state index contributed by atoms with van der Waals surface area (Å²) in [5.74, 6) is -1.65. The van der Waals surface area contributed by atoms with Gasteiger partial charge in [-0.1, -0.05) is 18.2 Å². The average Bonchev–Trinajstić information content (AvgIpc) is 2.93. The van der Waals surface area contributed by atoms with Crippen LogP contribution in [0.1, 0.15) is 26.7 Å². The van der Waals surface area contributed by atoms with E-state index < -0.39 is 28.6 Å². The number of piperidine rings is 1. The number of methoxy groups -OCH3 is 1. The molecule has 0 aliphatic carbocycles. The van der Waals surface area contributed by atoms with Crippen LogP contribution in [0.15, 0.2) is 43.2 Å². The number of nitrogens with zero attached hydrogens (tertiary/aromatic N) is 3. The van der Waals surface area contributed by atoms with Crippen molar-refractivity contribution in [1.82, 2.24) is 20.2 Å². The Morgan fingerprint density at radius 2 is 2.03 bits per heavy atom. The highest BCUT2D eigenvalue weighted by atomic mass is 35.5. The molecular weight excluding hydrogens is 532 g/mol. The summed E-state index contributed by atoms with van der Waals surface area (Å²) in [7, 11) is 1.49. The third-order valence-corrected chi connectivity index (χ3v) is 6.67. The molecule has 1 aliphatic rings. The fourth-order valence-electron chi connectivity index (χ4n) is 4.41. The monoisotopic (exact) mass is 559 g/mol. The molecule has 2 heterocycles. The van der Waals surface area contributed by atoms with E-state index in [9.17, 15) is 18.4 Å². The van der Waals surface area contributed by atoms with Gasteiger partial charge in [-0.05, 0) is 51.1 Å². The summed E-state index contributed by atoms with van der Waals surface area (Å²) in [6.07, 6.45) is 2.94. The number of hydrogen-bond donors (Lipinski definition) is 2. The molecule has 4 rings (SSSR count). The van der Waals surface area contributed by atoms with E-state index in [1.165, 1.54) is 24.4 Å². The molecule has 1 saturated heterocycles. The minimum atomic E-state index is -0.954. The van der Waals surface area contributed by atoms with E-state index in [4.69, 9.17) is 21.1 Å². The molecule has 0 saturated carbocycles. The number of carbonyl (C=O) groups is 2. The van der Waals surface area contributed by atoms with E-state index >= 15 is 0 Å². The quantitative estimate of drug-likeness (QED) is 0.300. The number of fused-ring (bicyclic) bond motifs is 1. The van der Waals surface area contributed by atoms with Gasteiger partial charge in [0.25, 0.3) is 5.91 Å². The first kappa shape index (κ1) is 28.2. The second-order valence-corrected chi connectivity index (χ2v) is 9.58. The van der Waals surface area contributed by atoms with Crippen LogP contribution in [0.4, 0.5) is 20.3 Å².